The topological polar surface area (TPSA) is 23.5 Å². The van der Waals surface area contributed by atoms with Crippen LogP contribution in [-0.2, 0) is 6.54 Å². The zero-order valence-electron chi connectivity index (χ0n) is 11.0. The van der Waals surface area contributed by atoms with Crippen LogP contribution in [0.3, 0.4) is 0 Å². The first-order valence-corrected chi connectivity index (χ1v) is 7.05. The van der Waals surface area contributed by atoms with E-state index in [2.05, 4.69) is 18.7 Å². The highest BCUT2D eigenvalue weighted by Crippen LogP contribution is 2.23. The molecular formula is C14H21Cl2NO. The first kappa shape index (κ1) is 15.8. The van der Waals surface area contributed by atoms with Crippen LogP contribution in [0.15, 0.2) is 18.2 Å². The molecule has 0 bridgehead atoms. The highest BCUT2D eigenvalue weighted by atomic mass is 35.5. The van der Waals surface area contributed by atoms with E-state index >= 15 is 0 Å². The molecule has 0 fully saturated rings. The summed E-state index contributed by atoms with van der Waals surface area (Å²) in [7, 11) is 0. The number of nitrogens with zero attached hydrogens (tertiary/aromatic N) is 1. The normalized spacial score (nSPS) is 11.5. The van der Waals surface area contributed by atoms with Gasteiger partial charge < -0.3 is 5.11 Å². The molecule has 0 radical (unpaired) electrons. The lowest BCUT2D eigenvalue weighted by Crippen LogP contribution is -2.29. The number of aliphatic hydroxyl groups is 1. The van der Waals surface area contributed by atoms with Gasteiger partial charge in [-0.2, -0.15) is 0 Å². The molecule has 0 saturated carbocycles. The summed E-state index contributed by atoms with van der Waals surface area (Å²) >= 11 is 11.9. The number of aliphatic hydroxyl groups excluding tert-OH is 1. The van der Waals surface area contributed by atoms with Gasteiger partial charge in [-0.3, -0.25) is 4.90 Å². The fourth-order valence-electron chi connectivity index (χ4n) is 1.94. The summed E-state index contributed by atoms with van der Waals surface area (Å²) in [6.45, 7) is 7.38. The minimum Gasteiger partial charge on any atom is -0.396 e. The van der Waals surface area contributed by atoms with Crippen LogP contribution in [0, 0.1) is 5.92 Å². The van der Waals surface area contributed by atoms with Crippen molar-refractivity contribution in [1.29, 1.82) is 0 Å². The smallest absolute Gasteiger partial charge is 0.0595 e. The molecule has 102 valence electrons. The van der Waals surface area contributed by atoms with Gasteiger partial charge in [-0.05, 0) is 30.0 Å². The molecule has 0 atom stereocenters. The van der Waals surface area contributed by atoms with Gasteiger partial charge in [0.2, 0.25) is 0 Å². The Kier molecular flexibility index (Phi) is 7.02. The zero-order chi connectivity index (χ0) is 13.5. The first-order chi connectivity index (χ1) is 8.52. The number of benzene rings is 1. The Morgan fingerprint density at radius 3 is 2.50 bits per heavy atom. The van der Waals surface area contributed by atoms with E-state index in [0.717, 1.165) is 31.6 Å². The van der Waals surface area contributed by atoms with Gasteiger partial charge in [0, 0.05) is 26.2 Å². The maximum atomic E-state index is 8.93. The minimum absolute atomic E-state index is 0.232. The average Bonchev–Trinajstić information content (AvgIpc) is 2.30. The highest BCUT2D eigenvalue weighted by Gasteiger charge is 2.09. The molecule has 0 spiro atoms. The van der Waals surface area contributed by atoms with Crippen LogP contribution in [0.4, 0.5) is 0 Å². The van der Waals surface area contributed by atoms with Crippen LogP contribution in [0.25, 0.3) is 0 Å². The number of rotatable bonds is 7. The third kappa shape index (κ3) is 5.57. The van der Waals surface area contributed by atoms with Gasteiger partial charge >= 0.3 is 0 Å². The van der Waals surface area contributed by atoms with Gasteiger partial charge in [0.1, 0.15) is 0 Å². The van der Waals surface area contributed by atoms with Crippen molar-refractivity contribution >= 4 is 23.2 Å². The standard InChI is InChI=1S/C14H21Cl2NO/c1-11(2)9-17(6-3-7-18)10-12-4-5-13(15)14(16)8-12/h4-5,8,11,18H,3,6-7,9-10H2,1-2H3. The number of hydrogen-bond acceptors (Lipinski definition) is 2. The van der Waals surface area contributed by atoms with Crippen molar-refractivity contribution in [1.82, 2.24) is 4.90 Å². The largest absolute Gasteiger partial charge is 0.396 e. The fraction of sp³-hybridized carbons (Fsp3) is 0.571. The van der Waals surface area contributed by atoms with E-state index in [1.165, 1.54) is 0 Å². The van der Waals surface area contributed by atoms with Crippen molar-refractivity contribution in [2.45, 2.75) is 26.8 Å². The minimum atomic E-state index is 0.232. The molecule has 1 rings (SSSR count). The summed E-state index contributed by atoms with van der Waals surface area (Å²) in [5, 5.41) is 10.1. The molecule has 0 saturated heterocycles. The van der Waals surface area contributed by atoms with Gasteiger partial charge in [-0.15, -0.1) is 0 Å². The molecular weight excluding hydrogens is 269 g/mol. The summed E-state index contributed by atoms with van der Waals surface area (Å²) in [6.07, 6.45) is 0.800. The van der Waals surface area contributed by atoms with Crippen LogP contribution in [0.1, 0.15) is 25.8 Å². The SMILES string of the molecule is CC(C)CN(CCCO)Cc1ccc(Cl)c(Cl)c1. The van der Waals surface area contributed by atoms with Crippen LogP contribution in [0.5, 0.6) is 0 Å². The Hall–Kier alpha value is -0.280. The number of hydrogen-bond donors (Lipinski definition) is 1. The Morgan fingerprint density at radius 2 is 1.94 bits per heavy atom. The van der Waals surface area contributed by atoms with Crippen molar-refractivity contribution in [3.63, 3.8) is 0 Å². The third-order valence-corrected chi connectivity index (χ3v) is 3.39. The molecule has 0 heterocycles. The van der Waals surface area contributed by atoms with Crippen molar-refractivity contribution in [3.05, 3.63) is 33.8 Å². The Balaban J connectivity index is 2.65. The van der Waals surface area contributed by atoms with E-state index in [1.54, 1.807) is 0 Å². The Morgan fingerprint density at radius 1 is 1.22 bits per heavy atom. The van der Waals surface area contributed by atoms with Crippen LogP contribution in [0.2, 0.25) is 10.0 Å². The summed E-state index contributed by atoms with van der Waals surface area (Å²) in [4.78, 5) is 2.33. The average molecular weight is 290 g/mol. The van der Waals surface area contributed by atoms with E-state index < -0.39 is 0 Å². The molecule has 1 aromatic carbocycles. The van der Waals surface area contributed by atoms with E-state index in [4.69, 9.17) is 28.3 Å². The molecule has 0 aromatic heterocycles. The van der Waals surface area contributed by atoms with Gasteiger partial charge in [-0.25, -0.2) is 0 Å². The molecule has 0 aliphatic rings. The molecule has 1 N–H and O–H groups in total. The second kappa shape index (κ2) is 8.00. The van der Waals surface area contributed by atoms with Crippen molar-refractivity contribution in [2.75, 3.05) is 19.7 Å². The van der Waals surface area contributed by atoms with Crippen molar-refractivity contribution in [3.8, 4) is 0 Å². The van der Waals surface area contributed by atoms with Gasteiger partial charge in [-0.1, -0.05) is 43.1 Å². The van der Waals surface area contributed by atoms with Crippen LogP contribution >= 0.6 is 23.2 Å². The van der Waals surface area contributed by atoms with Gasteiger partial charge in [0.05, 0.1) is 10.0 Å². The van der Waals surface area contributed by atoms with Crippen LogP contribution < -0.4 is 0 Å². The monoisotopic (exact) mass is 289 g/mol. The lowest BCUT2D eigenvalue weighted by molar-refractivity contribution is 0.202. The van der Waals surface area contributed by atoms with Crippen LogP contribution in [-0.4, -0.2) is 29.7 Å². The molecule has 4 heteroatoms. The fourth-order valence-corrected chi connectivity index (χ4v) is 2.26. The summed E-state index contributed by atoms with van der Waals surface area (Å²) in [5.74, 6) is 0.603. The predicted octanol–water partition coefficient (Wildman–Crippen LogP) is 3.83. The lowest BCUT2D eigenvalue weighted by atomic mass is 10.1. The second-order valence-corrected chi connectivity index (χ2v) is 5.77. The third-order valence-electron chi connectivity index (χ3n) is 2.65. The molecule has 1 aromatic rings. The molecule has 2 nitrogen and oxygen atoms in total. The summed E-state index contributed by atoms with van der Waals surface area (Å²) < 4.78 is 0. The molecule has 0 amide bonds. The first-order valence-electron chi connectivity index (χ1n) is 6.30. The van der Waals surface area contributed by atoms with E-state index in [-0.39, 0.29) is 6.61 Å². The highest BCUT2D eigenvalue weighted by molar-refractivity contribution is 6.42. The zero-order valence-corrected chi connectivity index (χ0v) is 12.5. The van der Waals surface area contributed by atoms with Crippen molar-refractivity contribution < 1.29 is 5.11 Å². The Labute approximate surface area is 120 Å². The summed E-state index contributed by atoms with van der Waals surface area (Å²) in [5.41, 5.74) is 1.16. The molecule has 0 unspecified atom stereocenters. The van der Waals surface area contributed by atoms with Gasteiger partial charge in [0.25, 0.3) is 0 Å². The maximum absolute atomic E-state index is 8.93. The molecule has 0 aliphatic carbocycles. The summed E-state index contributed by atoms with van der Waals surface area (Å²) in [6, 6.07) is 5.75. The predicted molar refractivity (Wildman–Crippen MR) is 78.3 cm³/mol. The quantitative estimate of drug-likeness (QED) is 0.825. The lowest BCUT2D eigenvalue weighted by Gasteiger charge is -2.24. The maximum Gasteiger partial charge on any atom is 0.0595 e. The second-order valence-electron chi connectivity index (χ2n) is 4.95. The Bertz CT molecular complexity index is 369. The van der Waals surface area contributed by atoms with Crippen molar-refractivity contribution in [2.24, 2.45) is 5.92 Å². The molecule has 0 aliphatic heterocycles. The molecule has 18 heavy (non-hydrogen) atoms. The van der Waals surface area contributed by atoms with Gasteiger partial charge in [0.15, 0.2) is 0 Å². The van der Waals surface area contributed by atoms with E-state index in [0.29, 0.717) is 16.0 Å². The van der Waals surface area contributed by atoms with E-state index in [9.17, 15) is 0 Å². The number of halogens is 2. The van der Waals surface area contributed by atoms with E-state index in [1.807, 2.05) is 18.2 Å².